The van der Waals surface area contributed by atoms with Crippen molar-refractivity contribution in [2.75, 3.05) is 18.4 Å². The van der Waals surface area contributed by atoms with Crippen LogP contribution in [0.2, 0.25) is 0 Å². The smallest absolute Gasteiger partial charge is 0.348 e. The summed E-state index contributed by atoms with van der Waals surface area (Å²) in [6.07, 6.45) is 1.99. The third kappa shape index (κ3) is 3.52. The fraction of sp³-hybridized carbons (Fsp3) is 0.588. The number of hydrogen-bond donors (Lipinski definition) is 2. The van der Waals surface area contributed by atoms with Gasteiger partial charge < -0.3 is 15.4 Å². The number of aromatic nitrogens is 2. The van der Waals surface area contributed by atoms with Crippen molar-refractivity contribution in [1.82, 2.24) is 15.3 Å². The first kappa shape index (κ1) is 17.1. The molecule has 3 rings (SSSR count). The zero-order valence-corrected chi connectivity index (χ0v) is 15.4. The number of esters is 1. The van der Waals surface area contributed by atoms with Crippen LogP contribution in [0.5, 0.6) is 0 Å². The lowest BCUT2D eigenvalue weighted by atomic mass is 10.1. The number of piperidine rings is 1. The Bertz CT molecular complexity index is 751. The van der Waals surface area contributed by atoms with Crippen molar-refractivity contribution in [2.45, 2.75) is 52.7 Å². The fourth-order valence-electron chi connectivity index (χ4n) is 2.97. The van der Waals surface area contributed by atoms with E-state index in [0.717, 1.165) is 47.5 Å². The minimum Gasteiger partial charge on any atom is -0.459 e. The lowest BCUT2D eigenvalue weighted by Crippen LogP contribution is -2.35. The summed E-state index contributed by atoms with van der Waals surface area (Å²) in [7, 11) is 0. The molecular formula is C17H24N4O2S. The molecule has 1 fully saturated rings. The second-order valence-corrected chi connectivity index (χ2v) is 7.48. The molecule has 1 aliphatic heterocycles. The molecule has 0 spiro atoms. The van der Waals surface area contributed by atoms with Gasteiger partial charge in [-0.05, 0) is 59.2 Å². The predicted molar refractivity (Wildman–Crippen MR) is 97.0 cm³/mol. The van der Waals surface area contributed by atoms with Crippen LogP contribution in [0.3, 0.4) is 0 Å². The highest BCUT2D eigenvalue weighted by atomic mass is 32.1. The van der Waals surface area contributed by atoms with Crippen molar-refractivity contribution < 1.29 is 9.53 Å². The number of fused-ring (bicyclic) bond motifs is 1. The second kappa shape index (κ2) is 7.03. The van der Waals surface area contributed by atoms with Gasteiger partial charge in [-0.3, -0.25) is 0 Å². The molecule has 0 atom stereocenters. The van der Waals surface area contributed by atoms with Gasteiger partial charge in [-0.15, -0.1) is 11.3 Å². The van der Waals surface area contributed by atoms with Gasteiger partial charge in [0.15, 0.2) is 0 Å². The number of rotatable bonds is 4. The van der Waals surface area contributed by atoms with Crippen LogP contribution in [-0.2, 0) is 4.74 Å². The van der Waals surface area contributed by atoms with Crippen LogP contribution in [0.15, 0.2) is 0 Å². The van der Waals surface area contributed by atoms with E-state index in [0.29, 0.717) is 16.7 Å². The van der Waals surface area contributed by atoms with E-state index in [1.165, 1.54) is 11.3 Å². The van der Waals surface area contributed by atoms with Gasteiger partial charge in [0.05, 0.1) is 11.5 Å². The number of aryl methyl sites for hydroxylation is 2. The summed E-state index contributed by atoms with van der Waals surface area (Å²) in [6.45, 7) is 9.57. The van der Waals surface area contributed by atoms with Crippen molar-refractivity contribution in [2.24, 2.45) is 0 Å². The number of anilines is 1. The third-order valence-electron chi connectivity index (χ3n) is 4.11. The van der Waals surface area contributed by atoms with Gasteiger partial charge in [-0.2, -0.15) is 0 Å². The minimum atomic E-state index is -0.282. The van der Waals surface area contributed by atoms with Gasteiger partial charge >= 0.3 is 5.97 Å². The van der Waals surface area contributed by atoms with Crippen molar-refractivity contribution in [1.29, 1.82) is 0 Å². The summed E-state index contributed by atoms with van der Waals surface area (Å²) in [5.74, 6) is 1.27. The Balaban J connectivity index is 1.99. The fourth-order valence-corrected chi connectivity index (χ4v) is 4.08. The molecule has 1 saturated heterocycles. The lowest BCUT2D eigenvalue weighted by molar-refractivity contribution is 0.0383. The zero-order chi connectivity index (χ0) is 17.3. The van der Waals surface area contributed by atoms with Crippen molar-refractivity contribution in [3.63, 3.8) is 0 Å². The molecule has 0 amide bonds. The maximum absolute atomic E-state index is 12.3. The molecule has 6 nitrogen and oxygen atoms in total. The van der Waals surface area contributed by atoms with E-state index in [1.54, 1.807) is 0 Å². The maximum atomic E-state index is 12.3. The molecule has 0 bridgehead atoms. The summed E-state index contributed by atoms with van der Waals surface area (Å²) < 4.78 is 5.36. The van der Waals surface area contributed by atoms with E-state index in [2.05, 4.69) is 20.6 Å². The molecule has 0 aromatic carbocycles. The Labute approximate surface area is 146 Å². The number of hydrogen-bond acceptors (Lipinski definition) is 7. The average Bonchev–Trinajstić information content (AvgIpc) is 2.84. The topological polar surface area (TPSA) is 76.1 Å². The van der Waals surface area contributed by atoms with Crippen molar-refractivity contribution >= 4 is 33.3 Å². The van der Waals surface area contributed by atoms with E-state index < -0.39 is 0 Å². The van der Waals surface area contributed by atoms with E-state index in [1.807, 2.05) is 27.7 Å². The van der Waals surface area contributed by atoms with Crippen LogP contribution in [-0.4, -0.2) is 41.2 Å². The molecule has 1 aliphatic rings. The molecule has 130 valence electrons. The van der Waals surface area contributed by atoms with Gasteiger partial charge in [0.25, 0.3) is 0 Å². The Morgan fingerprint density at radius 2 is 2.00 bits per heavy atom. The van der Waals surface area contributed by atoms with Gasteiger partial charge in [0.1, 0.15) is 21.3 Å². The monoisotopic (exact) mass is 348 g/mol. The Morgan fingerprint density at radius 1 is 1.29 bits per heavy atom. The standard InChI is InChI=1S/C17H24N4O2S/c1-9(2)23-17(22)14-10(3)13-15(19-11(4)20-16(13)24-14)21-12-5-7-18-8-6-12/h9,12,18H,5-8H2,1-4H3,(H,19,20,21). The van der Waals surface area contributed by atoms with E-state index in [-0.39, 0.29) is 12.1 Å². The van der Waals surface area contributed by atoms with E-state index in [4.69, 9.17) is 4.74 Å². The number of thiophene rings is 1. The molecule has 2 N–H and O–H groups in total. The van der Waals surface area contributed by atoms with Crippen molar-refractivity contribution in [3.8, 4) is 0 Å². The molecule has 24 heavy (non-hydrogen) atoms. The van der Waals surface area contributed by atoms with Crippen LogP contribution in [0.4, 0.5) is 5.82 Å². The number of carbonyl (C=O) groups excluding carboxylic acids is 1. The molecule has 2 aromatic rings. The second-order valence-electron chi connectivity index (χ2n) is 6.48. The average molecular weight is 348 g/mol. The van der Waals surface area contributed by atoms with Crippen LogP contribution in [0.25, 0.3) is 10.2 Å². The van der Waals surface area contributed by atoms with Crippen LogP contribution >= 0.6 is 11.3 Å². The van der Waals surface area contributed by atoms with Crippen LogP contribution in [0, 0.1) is 13.8 Å². The third-order valence-corrected chi connectivity index (χ3v) is 5.28. The molecule has 7 heteroatoms. The van der Waals surface area contributed by atoms with E-state index in [9.17, 15) is 4.79 Å². The SMILES string of the molecule is Cc1nc(NC2CCNCC2)c2c(C)c(C(=O)OC(C)C)sc2n1. The molecule has 0 unspecified atom stereocenters. The first-order valence-electron chi connectivity index (χ1n) is 8.41. The normalized spacial score (nSPS) is 15.9. The Morgan fingerprint density at radius 3 is 2.67 bits per heavy atom. The van der Waals surface area contributed by atoms with Gasteiger partial charge in [-0.1, -0.05) is 0 Å². The number of carbonyl (C=O) groups is 1. The predicted octanol–water partition coefficient (Wildman–Crippen LogP) is 3.04. The molecule has 0 radical (unpaired) electrons. The van der Waals surface area contributed by atoms with Crippen molar-refractivity contribution in [3.05, 3.63) is 16.3 Å². The highest BCUT2D eigenvalue weighted by molar-refractivity contribution is 7.20. The molecule has 3 heterocycles. The Hall–Kier alpha value is -1.73. The van der Waals surface area contributed by atoms with Gasteiger partial charge in [0.2, 0.25) is 0 Å². The first-order valence-corrected chi connectivity index (χ1v) is 9.23. The molecule has 0 saturated carbocycles. The van der Waals surface area contributed by atoms with Crippen LogP contribution in [0.1, 0.15) is 47.7 Å². The zero-order valence-electron chi connectivity index (χ0n) is 14.6. The highest BCUT2D eigenvalue weighted by Crippen LogP contribution is 2.35. The van der Waals surface area contributed by atoms with E-state index >= 15 is 0 Å². The van der Waals surface area contributed by atoms with Gasteiger partial charge in [-0.25, -0.2) is 14.8 Å². The quantitative estimate of drug-likeness (QED) is 0.827. The first-order chi connectivity index (χ1) is 11.5. The minimum absolute atomic E-state index is 0.137. The molecule has 2 aromatic heterocycles. The molecule has 0 aliphatic carbocycles. The maximum Gasteiger partial charge on any atom is 0.348 e. The number of nitrogens with zero attached hydrogens (tertiary/aromatic N) is 2. The Kier molecular flexibility index (Phi) is 5.01. The van der Waals surface area contributed by atoms with Gasteiger partial charge in [0, 0.05) is 6.04 Å². The summed E-state index contributed by atoms with van der Waals surface area (Å²) >= 11 is 1.39. The lowest BCUT2D eigenvalue weighted by Gasteiger charge is -2.24. The number of nitrogens with one attached hydrogen (secondary N) is 2. The summed E-state index contributed by atoms with van der Waals surface area (Å²) in [5.41, 5.74) is 0.900. The van der Waals surface area contributed by atoms with Crippen LogP contribution < -0.4 is 10.6 Å². The summed E-state index contributed by atoms with van der Waals surface area (Å²) in [6, 6.07) is 0.397. The summed E-state index contributed by atoms with van der Waals surface area (Å²) in [4.78, 5) is 22.9. The molecular weight excluding hydrogens is 324 g/mol. The highest BCUT2D eigenvalue weighted by Gasteiger charge is 2.23. The number of ether oxygens (including phenoxy) is 1. The summed E-state index contributed by atoms with van der Waals surface area (Å²) in [5, 5.41) is 7.87. The largest absolute Gasteiger partial charge is 0.459 e.